The van der Waals surface area contributed by atoms with Crippen molar-refractivity contribution in [3.8, 4) is 0 Å². The van der Waals surface area contributed by atoms with Gasteiger partial charge in [0, 0.05) is 19.8 Å². The number of hydrogen-bond acceptors (Lipinski definition) is 7. The lowest BCUT2D eigenvalue weighted by Crippen LogP contribution is -2.60. The molecule has 0 spiro atoms. The highest BCUT2D eigenvalue weighted by atomic mass is 35.6. The molecular weight excluding hydrogens is 485 g/mol. The molecule has 2 atom stereocenters. The number of rotatable bonds is 6. The van der Waals surface area contributed by atoms with E-state index in [1.54, 1.807) is 20.8 Å². The SMILES string of the molecule is CC(C)(C)OC(=O)NC(CC1CCOCC1)C(=O)N1CCCC(C(=O)OCC(Cl)(Cl)Cl)N1. The highest BCUT2D eigenvalue weighted by Crippen LogP contribution is 2.26. The Labute approximate surface area is 203 Å². The molecule has 32 heavy (non-hydrogen) atoms. The van der Waals surface area contributed by atoms with Crippen molar-refractivity contribution >= 4 is 52.8 Å². The zero-order valence-corrected chi connectivity index (χ0v) is 20.9. The number of carbonyl (C=O) groups excluding carboxylic acids is 3. The maximum absolute atomic E-state index is 13.3. The van der Waals surface area contributed by atoms with Crippen LogP contribution in [0.5, 0.6) is 0 Å². The van der Waals surface area contributed by atoms with E-state index in [9.17, 15) is 14.4 Å². The largest absolute Gasteiger partial charge is 0.460 e. The lowest BCUT2D eigenvalue weighted by Gasteiger charge is -2.36. The molecule has 2 N–H and O–H groups in total. The molecule has 2 amide bonds. The van der Waals surface area contributed by atoms with E-state index < -0.39 is 40.1 Å². The molecule has 2 saturated heterocycles. The number of nitrogens with one attached hydrogen (secondary N) is 2. The minimum Gasteiger partial charge on any atom is -0.460 e. The van der Waals surface area contributed by atoms with Crippen LogP contribution in [0.4, 0.5) is 4.79 Å². The predicted molar refractivity (Wildman–Crippen MR) is 120 cm³/mol. The van der Waals surface area contributed by atoms with E-state index in [1.165, 1.54) is 5.01 Å². The molecule has 2 aliphatic rings. The second-order valence-corrected chi connectivity index (χ2v) is 11.5. The Morgan fingerprint density at radius 3 is 2.41 bits per heavy atom. The summed E-state index contributed by atoms with van der Waals surface area (Å²) in [6, 6.07) is -1.57. The maximum Gasteiger partial charge on any atom is 0.408 e. The van der Waals surface area contributed by atoms with Crippen LogP contribution in [-0.2, 0) is 23.8 Å². The van der Waals surface area contributed by atoms with Crippen LogP contribution in [0.3, 0.4) is 0 Å². The van der Waals surface area contributed by atoms with Gasteiger partial charge in [-0.25, -0.2) is 10.2 Å². The van der Waals surface area contributed by atoms with Crippen LogP contribution in [0.25, 0.3) is 0 Å². The van der Waals surface area contributed by atoms with Crippen LogP contribution in [-0.4, -0.2) is 70.8 Å². The topological polar surface area (TPSA) is 106 Å². The summed E-state index contributed by atoms with van der Waals surface area (Å²) in [7, 11) is 0. The molecule has 2 heterocycles. The molecule has 0 aliphatic carbocycles. The number of carbonyl (C=O) groups is 3. The first-order valence-corrected chi connectivity index (χ1v) is 11.9. The van der Waals surface area contributed by atoms with Gasteiger partial charge in [0.2, 0.25) is 3.79 Å². The molecule has 0 aromatic carbocycles. The Kier molecular flexibility index (Phi) is 10.2. The molecule has 0 radical (unpaired) electrons. The Morgan fingerprint density at radius 1 is 1.16 bits per heavy atom. The first-order valence-electron chi connectivity index (χ1n) is 10.7. The Bertz CT molecular complexity index is 662. The summed E-state index contributed by atoms with van der Waals surface area (Å²) in [5.41, 5.74) is 2.19. The van der Waals surface area contributed by atoms with Gasteiger partial charge in [0.05, 0.1) is 0 Å². The standard InChI is InChI=1S/C20H32Cl3N3O6/c1-19(2,3)32-18(29)24-15(11-13-6-9-30-10-7-13)16(27)26-8-4-5-14(25-26)17(28)31-12-20(21,22)23/h13-15,25H,4-12H2,1-3H3,(H,24,29). The molecule has 2 rings (SSSR count). The van der Waals surface area contributed by atoms with E-state index in [4.69, 9.17) is 49.0 Å². The molecule has 184 valence electrons. The number of alkyl carbamates (subject to hydrolysis) is 1. The third-order valence-electron chi connectivity index (χ3n) is 5.01. The fourth-order valence-corrected chi connectivity index (χ4v) is 3.71. The quantitative estimate of drug-likeness (QED) is 0.413. The number of hydrazine groups is 1. The van der Waals surface area contributed by atoms with Crippen molar-refractivity contribution in [1.82, 2.24) is 15.8 Å². The van der Waals surface area contributed by atoms with Crippen LogP contribution in [0, 0.1) is 5.92 Å². The lowest BCUT2D eigenvalue weighted by atomic mass is 9.92. The molecule has 12 heteroatoms. The number of nitrogens with zero attached hydrogens (tertiary/aromatic N) is 1. The van der Waals surface area contributed by atoms with Crippen molar-refractivity contribution in [2.75, 3.05) is 26.4 Å². The smallest absolute Gasteiger partial charge is 0.408 e. The summed E-state index contributed by atoms with van der Waals surface area (Å²) in [5, 5.41) is 4.06. The van der Waals surface area contributed by atoms with Crippen LogP contribution >= 0.6 is 34.8 Å². The van der Waals surface area contributed by atoms with Crippen molar-refractivity contribution in [2.45, 2.75) is 74.4 Å². The Morgan fingerprint density at radius 2 is 1.81 bits per heavy atom. The summed E-state index contributed by atoms with van der Waals surface area (Å²) in [4.78, 5) is 38.0. The molecule has 0 saturated carbocycles. The number of amides is 2. The van der Waals surface area contributed by atoms with Gasteiger partial charge in [0.1, 0.15) is 24.3 Å². The highest BCUT2D eigenvalue weighted by Gasteiger charge is 2.36. The van der Waals surface area contributed by atoms with E-state index in [-0.39, 0.29) is 11.8 Å². The second kappa shape index (κ2) is 11.9. The second-order valence-electron chi connectivity index (χ2n) is 9.03. The van der Waals surface area contributed by atoms with E-state index in [0.717, 1.165) is 12.8 Å². The Hall–Kier alpha value is -1.00. The van der Waals surface area contributed by atoms with Crippen molar-refractivity contribution in [1.29, 1.82) is 0 Å². The van der Waals surface area contributed by atoms with E-state index in [1.807, 2.05) is 0 Å². The van der Waals surface area contributed by atoms with Gasteiger partial charge in [-0.3, -0.25) is 14.6 Å². The lowest BCUT2D eigenvalue weighted by molar-refractivity contribution is -0.152. The molecule has 2 fully saturated rings. The number of halogens is 3. The summed E-state index contributed by atoms with van der Waals surface area (Å²) in [5.74, 6) is -0.737. The molecule has 9 nitrogen and oxygen atoms in total. The van der Waals surface area contributed by atoms with Crippen molar-refractivity contribution in [2.24, 2.45) is 5.92 Å². The van der Waals surface area contributed by atoms with Gasteiger partial charge >= 0.3 is 12.1 Å². The molecule has 2 unspecified atom stereocenters. The summed E-state index contributed by atoms with van der Waals surface area (Å²) < 4.78 is 14.1. The number of ether oxygens (including phenoxy) is 3. The third kappa shape index (κ3) is 9.87. The van der Waals surface area contributed by atoms with Gasteiger partial charge in [-0.15, -0.1) is 0 Å². The van der Waals surface area contributed by atoms with Gasteiger partial charge in [0.25, 0.3) is 5.91 Å². The number of esters is 1. The monoisotopic (exact) mass is 515 g/mol. The molecular formula is C20H32Cl3N3O6. The zero-order chi connectivity index (χ0) is 23.9. The van der Waals surface area contributed by atoms with Crippen molar-refractivity contribution in [3.05, 3.63) is 0 Å². The van der Waals surface area contributed by atoms with E-state index in [0.29, 0.717) is 39.0 Å². The third-order valence-corrected chi connectivity index (χ3v) is 5.34. The summed E-state index contributed by atoms with van der Waals surface area (Å²) in [6.45, 7) is 6.49. The van der Waals surface area contributed by atoms with Gasteiger partial charge in [-0.05, 0) is 58.8 Å². The van der Waals surface area contributed by atoms with Crippen LogP contribution < -0.4 is 10.7 Å². The first-order chi connectivity index (χ1) is 14.8. The normalized spacial score (nSPS) is 21.6. The maximum atomic E-state index is 13.3. The fraction of sp³-hybridized carbons (Fsp3) is 0.850. The average molecular weight is 517 g/mol. The minimum atomic E-state index is -1.72. The molecule has 2 aliphatic heterocycles. The Balaban J connectivity index is 2.03. The zero-order valence-electron chi connectivity index (χ0n) is 18.6. The van der Waals surface area contributed by atoms with Crippen molar-refractivity contribution in [3.63, 3.8) is 0 Å². The fourth-order valence-electron chi connectivity index (χ4n) is 3.54. The minimum absolute atomic E-state index is 0.225. The van der Waals surface area contributed by atoms with E-state index >= 15 is 0 Å². The summed E-state index contributed by atoms with van der Waals surface area (Å²) in [6.07, 6.45) is 2.42. The average Bonchev–Trinajstić information content (AvgIpc) is 2.70. The van der Waals surface area contributed by atoms with Crippen LogP contribution in [0.1, 0.15) is 52.9 Å². The molecule has 0 aromatic heterocycles. The molecule has 0 bridgehead atoms. The van der Waals surface area contributed by atoms with Gasteiger partial charge < -0.3 is 19.5 Å². The van der Waals surface area contributed by atoms with Crippen LogP contribution in [0.15, 0.2) is 0 Å². The van der Waals surface area contributed by atoms with Gasteiger partial charge in [0.15, 0.2) is 0 Å². The molecule has 0 aromatic rings. The number of alkyl halides is 3. The highest BCUT2D eigenvalue weighted by molar-refractivity contribution is 6.67. The number of hydrogen-bond donors (Lipinski definition) is 2. The first kappa shape index (κ1) is 27.2. The van der Waals surface area contributed by atoms with Crippen LogP contribution in [0.2, 0.25) is 0 Å². The predicted octanol–water partition coefficient (Wildman–Crippen LogP) is 3.11. The summed E-state index contributed by atoms with van der Waals surface area (Å²) >= 11 is 16.9. The van der Waals surface area contributed by atoms with Crippen molar-refractivity contribution < 1.29 is 28.6 Å². The van der Waals surface area contributed by atoms with E-state index in [2.05, 4.69) is 10.7 Å². The van der Waals surface area contributed by atoms with Gasteiger partial charge in [-0.2, -0.15) is 0 Å². The van der Waals surface area contributed by atoms with Gasteiger partial charge in [-0.1, -0.05) is 34.8 Å².